The van der Waals surface area contributed by atoms with Gasteiger partial charge in [-0.2, -0.15) is 0 Å². The molecule has 4 aromatic carbocycles. The normalized spacial score (nSPS) is 50.5. The number of nitrogens with one attached hydrogen (secondary N) is 16. The Labute approximate surface area is 631 Å². The summed E-state index contributed by atoms with van der Waals surface area (Å²) in [6.07, 6.45) is 36.2. The lowest BCUT2D eigenvalue weighted by atomic mass is 9.60. The van der Waals surface area contributed by atoms with Crippen LogP contribution in [0.4, 0.5) is 0 Å². The summed E-state index contributed by atoms with van der Waals surface area (Å²) in [5, 5.41) is 93.2. The summed E-state index contributed by atoms with van der Waals surface area (Å²) in [5.41, 5.74) is 5.27. The molecule has 38 unspecified atom stereocenters. The second kappa shape index (κ2) is 29.9. The van der Waals surface area contributed by atoms with Crippen molar-refractivity contribution in [2.45, 2.75) is 301 Å². The Bertz CT molecular complexity index is 3360. The largest absolute Gasteiger partial charge is 0.390 e. The van der Waals surface area contributed by atoms with Gasteiger partial charge in [0.2, 0.25) is 0 Å². The van der Waals surface area contributed by atoms with Crippen LogP contribution in [0.15, 0.2) is 121 Å². The van der Waals surface area contributed by atoms with Gasteiger partial charge in [-0.25, -0.2) is 0 Å². The highest BCUT2D eigenvalue weighted by Crippen LogP contribution is 2.57. The van der Waals surface area contributed by atoms with Crippen LogP contribution in [-0.2, 0) is 0 Å². The third-order valence-electron chi connectivity index (χ3n) is 33.0. The van der Waals surface area contributed by atoms with Gasteiger partial charge in [-0.3, -0.25) is 85.1 Å². The van der Waals surface area contributed by atoms with Gasteiger partial charge in [0.05, 0.1) is 111 Å². The van der Waals surface area contributed by atoms with Gasteiger partial charge in [0.25, 0.3) is 0 Å². The zero-order chi connectivity index (χ0) is 70.1. The van der Waals surface area contributed by atoms with Gasteiger partial charge < -0.3 is 10.2 Å². The maximum absolute atomic E-state index is 12.3. The molecule has 572 valence electrons. The van der Waals surface area contributed by atoms with Crippen LogP contribution >= 0.6 is 0 Å². The van der Waals surface area contributed by atoms with Crippen molar-refractivity contribution in [1.82, 2.24) is 85.1 Å². The minimum absolute atomic E-state index is 0.0400. The van der Waals surface area contributed by atoms with Crippen LogP contribution in [0, 0.1) is 94.7 Å². The van der Waals surface area contributed by atoms with Gasteiger partial charge in [0.1, 0.15) is 0 Å². The topological polar surface area (TPSA) is 233 Å². The summed E-state index contributed by atoms with van der Waals surface area (Å²) in [6.45, 7) is 0. The smallest absolute Gasteiger partial charge is 0.0877 e. The molecule has 106 heavy (non-hydrogen) atoms. The summed E-state index contributed by atoms with van der Waals surface area (Å²) >= 11 is 0. The van der Waals surface area contributed by atoms with Crippen molar-refractivity contribution in [3.05, 3.63) is 144 Å². The Morgan fingerprint density at radius 3 is 0.538 bits per heavy atom. The van der Waals surface area contributed by atoms with E-state index >= 15 is 0 Å². The SMILES string of the molecule is OC1C(O)C(c2ccccc2)C2C3NC4NC(NC5NC(NC6NC(NC(N3)C2C1c1ccccc1)C1CCCCC61)C1CCCCC51)C1CCCCC41.c1ccc(C2CCC(c3ccccc3)C3C4NC5NC(NC6NC(NC7NC(NC(N4)C23)C2CCCCC72)C2CCCCC62)C2CCCCC52)cc1. The fourth-order valence-electron chi connectivity index (χ4n) is 28.6. The van der Waals surface area contributed by atoms with Crippen molar-refractivity contribution < 1.29 is 10.2 Å². The molecule has 8 aliphatic carbocycles. The summed E-state index contributed by atoms with van der Waals surface area (Å²) < 4.78 is 0. The van der Waals surface area contributed by atoms with E-state index in [2.05, 4.69) is 206 Å². The summed E-state index contributed by atoms with van der Waals surface area (Å²) in [5.74, 6) is 9.29. The van der Waals surface area contributed by atoms with Crippen molar-refractivity contribution in [3.63, 3.8) is 0 Å². The molecular weight excluding hydrogens is 1310 g/mol. The van der Waals surface area contributed by atoms with Crippen LogP contribution in [0.1, 0.15) is 213 Å². The van der Waals surface area contributed by atoms with E-state index in [0.717, 1.165) is 11.1 Å². The first-order valence-corrected chi connectivity index (χ1v) is 44.1. The maximum Gasteiger partial charge on any atom is 0.0877 e. The highest BCUT2D eigenvalue weighted by Gasteiger charge is 2.63. The Morgan fingerprint density at radius 1 is 0.179 bits per heavy atom. The van der Waals surface area contributed by atoms with Gasteiger partial charge in [-0.1, -0.05) is 198 Å². The Balaban J connectivity index is 0.000000136. The van der Waals surface area contributed by atoms with Crippen LogP contribution in [0.2, 0.25) is 0 Å². The van der Waals surface area contributed by atoms with E-state index < -0.39 is 12.2 Å². The van der Waals surface area contributed by atoms with Gasteiger partial charge >= 0.3 is 0 Å². The van der Waals surface area contributed by atoms with Crippen LogP contribution in [-0.4, -0.2) is 121 Å². The Morgan fingerprint density at radius 2 is 0.340 bits per heavy atom. The molecule has 10 saturated heterocycles. The van der Waals surface area contributed by atoms with Crippen molar-refractivity contribution >= 4 is 0 Å². The first-order chi connectivity index (χ1) is 52.4. The molecule has 18 nitrogen and oxygen atoms in total. The molecule has 0 amide bonds. The number of hydrogen-bond donors (Lipinski definition) is 18. The standard InChI is InChI=1S/C44H64N8O2.C44H64N8/c53-35-31(23-13-3-1-4-14-23)33-34(32(36(35)54)24-15-5-2-6-16-24)44-51-42-30-22-12-10-20-28(30)40(49-42)47-38-26-18-8-7-17-25(26)37(45-38)46-39-27-19-9-11-21-29(27)41(48-39)50-43(33)52-44;1-3-13-25(14-4-1)27-23-24-28(26-15-5-2-6-16-26)36-35(27)43-50-41-33-21-11-9-19-31(33)39(48-41)46-37-29-17-7-8-18-30(29)38(45-37)47-40-32-20-10-12-22-34(32)42(49-40)51-44(36)52-43/h1-6,13-16,25-54H,7-12,17-22H2;1-6,13-16,27-52H,7-12,17-24H2. The zero-order valence-corrected chi connectivity index (χ0v) is 62.8. The lowest BCUT2D eigenvalue weighted by Gasteiger charge is -2.49. The molecule has 10 aliphatic heterocycles. The van der Waals surface area contributed by atoms with E-state index in [4.69, 9.17) is 0 Å². The average Bonchev–Trinajstić information content (AvgIpc) is 1.47. The van der Waals surface area contributed by atoms with Gasteiger partial charge in [-0.05, 0) is 195 Å². The number of hydrogen-bond acceptors (Lipinski definition) is 18. The van der Waals surface area contributed by atoms with Gasteiger partial charge in [0, 0.05) is 35.5 Å². The average molecular weight is 1440 g/mol. The van der Waals surface area contributed by atoms with Crippen LogP contribution < -0.4 is 85.1 Å². The molecule has 16 bridgehead atoms. The van der Waals surface area contributed by atoms with Crippen LogP contribution in [0.25, 0.3) is 0 Å². The number of benzene rings is 4. The minimum atomic E-state index is -0.892. The lowest BCUT2D eigenvalue weighted by Crippen LogP contribution is -2.62. The minimum Gasteiger partial charge on any atom is -0.390 e. The second-order valence-electron chi connectivity index (χ2n) is 37.8. The van der Waals surface area contributed by atoms with E-state index in [-0.39, 0.29) is 73.0 Å². The monoisotopic (exact) mass is 1440 g/mol. The molecule has 22 rings (SSSR count). The number of rotatable bonds is 4. The number of aliphatic hydroxyl groups excluding tert-OH is 2. The number of aliphatic hydroxyl groups is 2. The second-order valence-corrected chi connectivity index (χ2v) is 37.8. The van der Waals surface area contributed by atoms with Crippen molar-refractivity contribution in [2.24, 2.45) is 94.7 Å². The van der Waals surface area contributed by atoms with E-state index in [1.807, 2.05) is 0 Å². The van der Waals surface area contributed by atoms with Gasteiger partial charge in [0.15, 0.2) is 0 Å². The quantitative estimate of drug-likeness (QED) is 0.0915. The molecule has 4 aromatic rings. The predicted octanol–water partition coefficient (Wildman–Crippen LogP) is 8.73. The molecule has 8 saturated carbocycles. The van der Waals surface area contributed by atoms with Crippen molar-refractivity contribution in [2.75, 3.05) is 0 Å². The van der Waals surface area contributed by atoms with Crippen LogP contribution in [0.3, 0.4) is 0 Å². The van der Waals surface area contributed by atoms with Crippen molar-refractivity contribution in [3.8, 4) is 0 Å². The number of fused-ring (bicyclic) bond motifs is 40. The van der Waals surface area contributed by atoms with E-state index in [9.17, 15) is 10.2 Å². The van der Waals surface area contributed by atoms with E-state index in [1.165, 1.54) is 178 Å². The van der Waals surface area contributed by atoms with Gasteiger partial charge in [-0.15, -0.1) is 0 Å². The van der Waals surface area contributed by atoms with Crippen molar-refractivity contribution in [1.29, 1.82) is 0 Å². The Kier molecular flexibility index (Phi) is 19.8. The molecule has 18 fully saturated rings. The molecular formula is C88H128N16O2. The van der Waals surface area contributed by atoms with E-state index in [0.29, 0.717) is 144 Å². The van der Waals surface area contributed by atoms with E-state index in [1.54, 1.807) is 0 Å². The molecule has 18 aliphatic rings. The molecule has 10 heterocycles. The summed E-state index contributed by atoms with van der Waals surface area (Å²) in [7, 11) is 0. The first-order valence-electron chi connectivity index (χ1n) is 44.1. The highest BCUT2D eigenvalue weighted by molar-refractivity contribution is 5.34. The fourth-order valence-corrected chi connectivity index (χ4v) is 28.6. The fraction of sp³-hybridized carbons (Fsp3) is 0.727. The van der Waals surface area contributed by atoms with Crippen LogP contribution in [0.5, 0.6) is 0 Å². The molecule has 18 heteroatoms. The summed E-state index contributed by atoms with van der Waals surface area (Å²) in [6, 6.07) is 44.3. The molecule has 0 spiro atoms. The molecule has 0 aromatic heterocycles. The third-order valence-corrected chi connectivity index (χ3v) is 33.0. The highest BCUT2D eigenvalue weighted by atomic mass is 16.3. The maximum atomic E-state index is 12.3. The first kappa shape index (κ1) is 70.1. The zero-order valence-electron chi connectivity index (χ0n) is 62.8. The third kappa shape index (κ3) is 12.6. The molecule has 0 radical (unpaired) electrons. The lowest BCUT2D eigenvalue weighted by molar-refractivity contribution is -0.0812. The predicted molar refractivity (Wildman–Crippen MR) is 415 cm³/mol. The molecule has 18 N–H and O–H groups in total. The molecule has 38 atom stereocenters. The Hall–Kier alpha value is -3.84. The summed E-state index contributed by atoms with van der Waals surface area (Å²) in [4.78, 5) is 0.